The molecule has 0 radical (unpaired) electrons. The van der Waals surface area contributed by atoms with Crippen molar-refractivity contribution in [1.29, 1.82) is 0 Å². The summed E-state index contributed by atoms with van der Waals surface area (Å²) in [5.74, 6) is 0. The first kappa shape index (κ1) is 13.9. The Bertz CT molecular complexity index is 438. The molecule has 0 aliphatic rings. The SMILES string of the molecule is CS(=O)(=O)NCC/C=C/CCc1ccccc1. The third-order valence-corrected chi connectivity index (χ3v) is 3.01. The van der Waals surface area contributed by atoms with E-state index in [-0.39, 0.29) is 0 Å². The van der Waals surface area contributed by atoms with Crippen molar-refractivity contribution in [3.8, 4) is 0 Å². The molecule has 0 aliphatic heterocycles. The maximum absolute atomic E-state index is 10.8. The van der Waals surface area contributed by atoms with Gasteiger partial charge >= 0.3 is 0 Å². The van der Waals surface area contributed by atoms with Gasteiger partial charge in [0.25, 0.3) is 0 Å². The Labute approximate surface area is 104 Å². The van der Waals surface area contributed by atoms with Crippen LogP contribution in [0.15, 0.2) is 42.5 Å². The number of rotatable bonds is 7. The minimum Gasteiger partial charge on any atom is -0.215 e. The number of benzene rings is 1. The van der Waals surface area contributed by atoms with Gasteiger partial charge in [0.15, 0.2) is 0 Å². The van der Waals surface area contributed by atoms with E-state index in [1.807, 2.05) is 24.3 Å². The average molecular weight is 253 g/mol. The second-order valence-corrected chi connectivity index (χ2v) is 5.78. The first-order valence-electron chi connectivity index (χ1n) is 5.71. The molecule has 0 amide bonds. The molecule has 0 bridgehead atoms. The van der Waals surface area contributed by atoms with Gasteiger partial charge < -0.3 is 0 Å². The van der Waals surface area contributed by atoms with Crippen LogP contribution in [0.4, 0.5) is 0 Å². The monoisotopic (exact) mass is 253 g/mol. The number of hydrogen-bond acceptors (Lipinski definition) is 2. The van der Waals surface area contributed by atoms with Crippen LogP contribution < -0.4 is 4.72 Å². The van der Waals surface area contributed by atoms with Crippen LogP contribution in [0.25, 0.3) is 0 Å². The Hall–Kier alpha value is -1.13. The van der Waals surface area contributed by atoms with Crippen molar-refractivity contribution in [3.63, 3.8) is 0 Å². The van der Waals surface area contributed by atoms with Crippen LogP contribution in [0.3, 0.4) is 0 Å². The van der Waals surface area contributed by atoms with Gasteiger partial charge in [0, 0.05) is 6.54 Å². The van der Waals surface area contributed by atoms with E-state index in [9.17, 15) is 8.42 Å². The molecule has 0 unspecified atom stereocenters. The lowest BCUT2D eigenvalue weighted by molar-refractivity contribution is 0.588. The zero-order valence-corrected chi connectivity index (χ0v) is 10.9. The van der Waals surface area contributed by atoms with E-state index in [2.05, 4.69) is 22.9 Å². The number of nitrogens with one attached hydrogen (secondary N) is 1. The van der Waals surface area contributed by atoms with E-state index >= 15 is 0 Å². The van der Waals surface area contributed by atoms with Gasteiger partial charge in [0.05, 0.1) is 6.26 Å². The Morgan fingerprint density at radius 3 is 2.41 bits per heavy atom. The quantitative estimate of drug-likeness (QED) is 0.597. The summed E-state index contributed by atoms with van der Waals surface area (Å²) < 4.78 is 24.0. The number of hydrogen-bond donors (Lipinski definition) is 1. The second-order valence-electron chi connectivity index (χ2n) is 3.95. The minimum absolute atomic E-state index is 0.473. The topological polar surface area (TPSA) is 46.2 Å². The highest BCUT2D eigenvalue weighted by atomic mass is 32.2. The Balaban J connectivity index is 2.11. The van der Waals surface area contributed by atoms with Crippen LogP contribution >= 0.6 is 0 Å². The summed E-state index contributed by atoms with van der Waals surface area (Å²) in [6, 6.07) is 10.3. The predicted molar refractivity (Wildman–Crippen MR) is 71.4 cm³/mol. The summed E-state index contributed by atoms with van der Waals surface area (Å²) >= 11 is 0. The number of sulfonamides is 1. The lowest BCUT2D eigenvalue weighted by atomic mass is 10.1. The second kappa shape index (κ2) is 7.25. The van der Waals surface area contributed by atoms with E-state index in [0.29, 0.717) is 6.54 Å². The van der Waals surface area contributed by atoms with E-state index in [4.69, 9.17) is 0 Å². The molecule has 3 nitrogen and oxygen atoms in total. The van der Waals surface area contributed by atoms with Gasteiger partial charge in [0.2, 0.25) is 10.0 Å². The predicted octanol–water partition coefficient (Wildman–Crippen LogP) is 2.11. The minimum atomic E-state index is -3.04. The fourth-order valence-corrected chi connectivity index (χ4v) is 1.95. The van der Waals surface area contributed by atoms with Gasteiger partial charge in [-0.1, -0.05) is 42.5 Å². The van der Waals surface area contributed by atoms with Crippen LogP contribution in [-0.4, -0.2) is 21.2 Å². The third-order valence-electron chi connectivity index (χ3n) is 2.28. The summed E-state index contributed by atoms with van der Waals surface area (Å²) in [4.78, 5) is 0. The fraction of sp³-hybridized carbons (Fsp3) is 0.385. The molecule has 1 rings (SSSR count). The standard InChI is InChI=1S/C13H19NO2S/c1-17(15,16)14-12-8-3-2-5-9-13-10-6-4-7-11-13/h2-4,6-7,10-11,14H,5,8-9,12H2,1H3/b3-2+. The molecule has 0 aliphatic carbocycles. The van der Waals surface area contributed by atoms with Crippen LogP contribution in [-0.2, 0) is 16.4 Å². The zero-order chi connectivity index (χ0) is 12.6. The third kappa shape index (κ3) is 7.71. The molecule has 0 atom stereocenters. The highest BCUT2D eigenvalue weighted by Crippen LogP contribution is 2.02. The summed E-state index contributed by atoms with van der Waals surface area (Å²) in [7, 11) is -3.04. The maximum atomic E-state index is 10.8. The van der Waals surface area contributed by atoms with Crippen LogP contribution in [0, 0.1) is 0 Å². The molecule has 94 valence electrons. The smallest absolute Gasteiger partial charge is 0.208 e. The molecule has 0 spiro atoms. The molecule has 1 aromatic carbocycles. The molecule has 1 aromatic rings. The Morgan fingerprint density at radius 2 is 1.76 bits per heavy atom. The van der Waals surface area contributed by atoms with Crippen LogP contribution in [0.2, 0.25) is 0 Å². The number of aryl methyl sites for hydroxylation is 1. The van der Waals surface area contributed by atoms with E-state index in [1.54, 1.807) is 0 Å². The lowest BCUT2D eigenvalue weighted by Crippen LogP contribution is -2.22. The van der Waals surface area contributed by atoms with Crippen molar-refractivity contribution >= 4 is 10.0 Å². The van der Waals surface area contributed by atoms with Gasteiger partial charge in [-0.15, -0.1) is 0 Å². The molecular weight excluding hydrogens is 234 g/mol. The molecule has 1 N–H and O–H groups in total. The molecule has 0 saturated heterocycles. The van der Waals surface area contributed by atoms with Gasteiger partial charge in [0.1, 0.15) is 0 Å². The highest BCUT2D eigenvalue weighted by Gasteiger charge is 1.96. The molecule has 4 heteroatoms. The van der Waals surface area contributed by atoms with Crippen LogP contribution in [0.5, 0.6) is 0 Å². The van der Waals surface area contributed by atoms with Crippen molar-refractivity contribution in [3.05, 3.63) is 48.0 Å². The van der Waals surface area contributed by atoms with Gasteiger partial charge in [-0.05, 0) is 24.8 Å². The largest absolute Gasteiger partial charge is 0.215 e. The molecule has 0 saturated carbocycles. The Kier molecular flexibility index (Phi) is 5.94. The first-order chi connectivity index (χ1) is 8.08. The summed E-state index contributed by atoms with van der Waals surface area (Å²) in [5, 5.41) is 0. The van der Waals surface area contributed by atoms with Crippen LogP contribution in [0.1, 0.15) is 18.4 Å². The normalized spacial score (nSPS) is 12.1. The lowest BCUT2D eigenvalue weighted by Gasteiger charge is -1.98. The molecular formula is C13H19NO2S. The molecule has 17 heavy (non-hydrogen) atoms. The van der Waals surface area contributed by atoms with Gasteiger partial charge in [-0.3, -0.25) is 0 Å². The molecule has 0 aromatic heterocycles. The number of allylic oxidation sites excluding steroid dienone is 1. The van der Waals surface area contributed by atoms with Gasteiger partial charge in [-0.2, -0.15) is 0 Å². The van der Waals surface area contributed by atoms with Crippen molar-refractivity contribution in [2.75, 3.05) is 12.8 Å². The Morgan fingerprint density at radius 1 is 1.12 bits per heavy atom. The summed E-state index contributed by atoms with van der Waals surface area (Å²) in [5.41, 5.74) is 1.33. The van der Waals surface area contributed by atoms with E-state index in [0.717, 1.165) is 19.3 Å². The first-order valence-corrected chi connectivity index (χ1v) is 7.60. The maximum Gasteiger partial charge on any atom is 0.208 e. The van der Waals surface area contributed by atoms with Gasteiger partial charge in [-0.25, -0.2) is 13.1 Å². The van der Waals surface area contributed by atoms with Crippen molar-refractivity contribution in [2.45, 2.75) is 19.3 Å². The highest BCUT2D eigenvalue weighted by molar-refractivity contribution is 7.88. The zero-order valence-electron chi connectivity index (χ0n) is 10.1. The summed E-state index contributed by atoms with van der Waals surface area (Å²) in [6.45, 7) is 0.473. The summed E-state index contributed by atoms with van der Waals surface area (Å²) in [6.07, 6.45) is 8.03. The molecule has 0 heterocycles. The van der Waals surface area contributed by atoms with Crippen molar-refractivity contribution in [1.82, 2.24) is 4.72 Å². The van der Waals surface area contributed by atoms with E-state index in [1.165, 1.54) is 11.8 Å². The van der Waals surface area contributed by atoms with Crippen molar-refractivity contribution < 1.29 is 8.42 Å². The van der Waals surface area contributed by atoms with E-state index < -0.39 is 10.0 Å². The average Bonchev–Trinajstić information content (AvgIpc) is 2.28. The molecule has 0 fully saturated rings. The van der Waals surface area contributed by atoms with Crippen molar-refractivity contribution in [2.24, 2.45) is 0 Å². The fourth-order valence-electron chi connectivity index (χ4n) is 1.46.